The molecule has 0 unspecified atom stereocenters. The molecule has 0 saturated heterocycles. The van der Waals surface area contributed by atoms with Crippen molar-refractivity contribution < 1.29 is 8.42 Å². The molecule has 0 aliphatic carbocycles. The monoisotopic (exact) mass is 204 g/mol. The molecule has 0 atom stereocenters. The third-order valence-corrected chi connectivity index (χ3v) is 3.34. The van der Waals surface area contributed by atoms with Crippen LogP contribution in [0.3, 0.4) is 0 Å². The topological polar surface area (TPSA) is 68.1 Å². The van der Waals surface area contributed by atoms with Crippen molar-refractivity contribution in [1.82, 2.24) is 18.5 Å². The van der Waals surface area contributed by atoms with Gasteiger partial charge in [-0.3, -0.25) is 0 Å². The van der Waals surface area contributed by atoms with Crippen LogP contribution in [0.1, 0.15) is 12.7 Å². The summed E-state index contributed by atoms with van der Waals surface area (Å²) in [5, 5.41) is 7.24. The molecule has 7 heteroatoms. The quantitative estimate of drug-likeness (QED) is 0.665. The van der Waals surface area contributed by atoms with E-state index in [0.717, 1.165) is 8.28 Å². The summed E-state index contributed by atoms with van der Waals surface area (Å²) in [6.45, 7) is 1.83. The summed E-state index contributed by atoms with van der Waals surface area (Å²) in [5.74, 6) is 0.439. The van der Waals surface area contributed by atoms with Gasteiger partial charge in [0.2, 0.25) is 0 Å². The fourth-order valence-electron chi connectivity index (χ4n) is 0.845. The first-order valence-electron chi connectivity index (χ1n) is 3.82. The molecule has 0 amide bonds. The van der Waals surface area contributed by atoms with E-state index in [2.05, 4.69) is 10.2 Å². The van der Waals surface area contributed by atoms with Gasteiger partial charge in [0.25, 0.3) is 0 Å². The molecular weight excluding hydrogens is 192 g/mol. The number of aryl methyl sites for hydroxylation is 1. The van der Waals surface area contributed by atoms with Gasteiger partial charge in [-0.1, -0.05) is 6.92 Å². The van der Waals surface area contributed by atoms with Crippen molar-refractivity contribution in [2.75, 3.05) is 14.1 Å². The molecule has 0 aliphatic rings. The minimum atomic E-state index is -3.45. The Balaban J connectivity index is 3.22. The molecule has 0 bridgehead atoms. The van der Waals surface area contributed by atoms with Crippen molar-refractivity contribution in [3.8, 4) is 0 Å². The Hall–Kier alpha value is -0.950. The molecule has 0 aliphatic heterocycles. The highest BCUT2D eigenvalue weighted by Crippen LogP contribution is 2.04. The third-order valence-electron chi connectivity index (χ3n) is 1.61. The van der Waals surface area contributed by atoms with Gasteiger partial charge >= 0.3 is 10.2 Å². The lowest BCUT2D eigenvalue weighted by Crippen LogP contribution is -2.29. The van der Waals surface area contributed by atoms with Gasteiger partial charge in [-0.25, -0.2) is 0 Å². The lowest BCUT2D eigenvalue weighted by atomic mass is 10.5. The number of nitrogens with zero attached hydrogens (tertiary/aromatic N) is 4. The maximum atomic E-state index is 11.6. The van der Waals surface area contributed by atoms with Crippen LogP contribution in [0.15, 0.2) is 6.33 Å². The van der Waals surface area contributed by atoms with E-state index in [1.54, 1.807) is 0 Å². The molecule has 1 rings (SSSR count). The maximum Gasteiger partial charge on any atom is 0.309 e. The molecular formula is C6H12N4O2S. The molecule has 74 valence electrons. The smallest absolute Gasteiger partial charge is 0.199 e. The van der Waals surface area contributed by atoms with Crippen molar-refractivity contribution in [2.24, 2.45) is 0 Å². The molecule has 13 heavy (non-hydrogen) atoms. The molecule has 0 radical (unpaired) electrons. The highest BCUT2D eigenvalue weighted by atomic mass is 32.2. The van der Waals surface area contributed by atoms with E-state index < -0.39 is 10.2 Å². The van der Waals surface area contributed by atoms with E-state index in [1.807, 2.05) is 6.92 Å². The maximum absolute atomic E-state index is 11.6. The second kappa shape index (κ2) is 3.43. The Morgan fingerprint density at radius 3 is 2.62 bits per heavy atom. The predicted octanol–water partition coefficient (Wildman–Crippen LogP) is -0.505. The van der Waals surface area contributed by atoms with Gasteiger partial charge in [-0.15, -0.1) is 10.2 Å². The van der Waals surface area contributed by atoms with E-state index in [0.29, 0.717) is 12.2 Å². The molecule has 0 saturated carbocycles. The van der Waals surface area contributed by atoms with Crippen LogP contribution in [-0.2, 0) is 16.6 Å². The lowest BCUT2D eigenvalue weighted by Gasteiger charge is -2.12. The summed E-state index contributed by atoms with van der Waals surface area (Å²) in [5.41, 5.74) is 0. The summed E-state index contributed by atoms with van der Waals surface area (Å²) in [6.07, 6.45) is 1.74. The van der Waals surface area contributed by atoms with Gasteiger partial charge in [0.1, 0.15) is 12.2 Å². The largest absolute Gasteiger partial charge is 0.309 e. The molecule has 0 N–H and O–H groups in total. The Kier molecular flexibility index (Phi) is 2.67. The molecule has 6 nitrogen and oxygen atoms in total. The number of hydrogen-bond donors (Lipinski definition) is 0. The zero-order valence-corrected chi connectivity index (χ0v) is 8.61. The van der Waals surface area contributed by atoms with Crippen LogP contribution >= 0.6 is 0 Å². The van der Waals surface area contributed by atoms with Crippen LogP contribution in [0, 0.1) is 0 Å². The summed E-state index contributed by atoms with van der Waals surface area (Å²) < 4.78 is 25.4. The van der Waals surface area contributed by atoms with Crippen molar-refractivity contribution in [1.29, 1.82) is 0 Å². The van der Waals surface area contributed by atoms with Crippen LogP contribution < -0.4 is 0 Å². The Bertz CT molecular complexity index is 381. The highest BCUT2D eigenvalue weighted by molar-refractivity contribution is 7.87. The van der Waals surface area contributed by atoms with E-state index in [1.165, 1.54) is 20.4 Å². The SMILES string of the molecule is CCc1nncn1S(=O)(=O)N(C)C. The number of hydrogen-bond acceptors (Lipinski definition) is 4. The van der Waals surface area contributed by atoms with E-state index in [-0.39, 0.29) is 0 Å². The van der Waals surface area contributed by atoms with Gasteiger partial charge in [0, 0.05) is 20.5 Å². The molecule has 1 heterocycles. The van der Waals surface area contributed by atoms with Crippen LogP contribution in [-0.4, -0.2) is 41.0 Å². The Morgan fingerprint density at radius 1 is 1.54 bits per heavy atom. The van der Waals surface area contributed by atoms with Gasteiger partial charge < -0.3 is 0 Å². The normalized spacial score (nSPS) is 12.3. The lowest BCUT2D eigenvalue weighted by molar-refractivity contribution is 0.508. The minimum Gasteiger partial charge on any atom is -0.199 e. The predicted molar refractivity (Wildman–Crippen MR) is 47.4 cm³/mol. The molecule has 0 spiro atoms. The Morgan fingerprint density at radius 2 is 2.15 bits per heavy atom. The summed E-state index contributed by atoms with van der Waals surface area (Å²) in [7, 11) is -0.517. The average Bonchev–Trinajstić information content (AvgIpc) is 2.51. The Labute approximate surface area is 77.4 Å². The third kappa shape index (κ3) is 1.70. The van der Waals surface area contributed by atoms with E-state index >= 15 is 0 Å². The zero-order valence-electron chi connectivity index (χ0n) is 7.80. The van der Waals surface area contributed by atoms with Crippen LogP contribution in [0.25, 0.3) is 0 Å². The van der Waals surface area contributed by atoms with Gasteiger partial charge in [-0.2, -0.15) is 16.7 Å². The van der Waals surface area contributed by atoms with Gasteiger partial charge in [0.15, 0.2) is 0 Å². The second-order valence-electron chi connectivity index (χ2n) is 2.69. The minimum absolute atomic E-state index is 0.439. The summed E-state index contributed by atoms with van der Waals surface area (Å²) in [6, 6.07) is 0. The molecule has 1 aromatic rings. The van der Waals surface area contributed by atoms with E-state index in [4.69, 9.17) is 0 Å². The van der Waals surface area contributed by atoms with Crippen LogP contribution in [0.5, 0.6) is 0 Å². The fourth-order valence-corrected chi connectivity index (χ4v) is 1.79. The summed E-state index contributed by atoms with van der Waals surface area (Å²) >= 11 is 0. The number of rotatable bonds is 3. The van der Waals surface area contributed by atoms with Crippen molar-refractivity contribution in [3.05, 3.63) is 12.2 Å². The van der Waals surface area contributed by atoms with Crippen molar-refractivity contribution in [2.45, 2.75) is 13.3 Å². The molecule has 1 aromatic heterocycles. The standard InChI is InChI=1S/C6H12N4O2S/c1-4-6-8-7-5-10(6)13(11,12)9(2)3/h5H,4H2,1-3H3. The van der Waals surface area contributed by atoms with Gasteiger partial charge in [0.05, 0.1) is 0 Å². The zero-order chi connectivity index (χ0) is 10.1. The van der Waals surface area contributed by atoms with Crippen molar-refractivity contribution in [3.63, 3.8) is 0 Å². The van der Waals surface area contributed by atoms with Gasteiger partial charge in [-0.05, 0) is 0 Å². The first kappa shape index (κ1) is 10.1. The first-order valence-corrected chi connectivity index (χ1v) is 5.21. The second-order valence-corrected chi connectivity index (χ2v) is 4.71. The van der Waals surface area contributed by atoms with E-state index in [9.17, 15) is 8.42 Å². The molecule has 0 fully saturated rings. The summed E-state index contributed by atoms with van der Waals surface area (Å²) in [4.78, 5) is 0. The average molecular weight is 204 g/mol. The number of aromatic nitrogens is 3. The van der Waals surface area contributed by atoms with Crippen LogP contribution in [0.4, 0.5) is 0 Å². The highest BCUT2D eigenvalue weighted by Gasteiger charge is 2.19. The first-order chi connectivity index (χ1) is 6.00. The van der Waals surface area contributed by atoms with Crippen molar-refractivity contribution >= 4 is 10.2 Å². The molecule has 0 aromatic carbocycles. The fraction of sp³-hybridized carbons (Fsp3) is 0.667. The van der Waals surface area contributed by atoms with Crippen LogP contribution in [0.2, 0.25) is 0 Å².